The summed E-state index contributed by atoms with van der Waals surface area (Å²) in [5.74, 6) is 0.830. The molecule has 3 rings (SSSR count). The fourth-order valence-electron chi connectivity index (χ4n) is 2.90. The zero-order chi connectivity index (χ0) is 18.9. The lowest BCUT2D eigenvalue weighted by Gasteiger charge is -2.24. The van der Waals surface area contributed by atoms with Crippen molar-refractivity contribution in [3.8, 4) is 0 Å². The second kappa shape index (κ2) is 9.79. The smallest absolute Gasteiger partial charge is 0.255 e. The number of hydrogen-bond donors (Lipinski definition) is 0. The predicted octanol–water partition coefficient (Wildman–Crippen LogP) is 5.81. The first-order valence-corrected chi connectivity index (χ1v) is 9.96. The van der Waals surface area contributed by atoms with Gasteiger partial charge in [0.25, 0.3) is 5.91 Å². The molecule has 3 aromatic carbocycles. The van der Waals surface area contributed by atoms with Gasteiger partial charge in [-0.3, -0.25) is 4.79 Å². The number of amides is 1. The van der Waals surface area contributed by atoms with Crippen molar-refractivity contribution in [1.82, 2.24) is 4.90 Å². The first-order valence-electron chi connectivity index (χ1n) is 8.98. The second-order valence-electron chi connectivity index (χ2n) is 6.23. The highest BCUT2D eigenvalue weighted by molar-refractivity contribution is 7.99. The minimum Gasteiger partial charge on any atom is -0.330 e. The van der Waals surface area contributed by atoms with Crippen LogP contribution in [0.4, 0.5) is 0 Å². The van der Waals surface area contributed by atoms with E-state index in [4.69, 9.17) is 0 Å². The van der Waals surface area contributed by atoms with Gasteiger partial charge in [0.1, 0.15) is 0 Å². The lowest BCUT2D eigenvalue weighted by Crippen LogP contribution is -2.30. The van der Waals surface area contributed by atoms with E-state index in [0.29, 0.717) is 13.1 Å². The minimum atomic E-state index is 0.0508. The fraction of sp³-hybridized carbons (Fsp3) is 0.125. The van der Waals surface area contributed by atoms with Gasteiger partial charge in [0.05, 0.1) is 5.56 Å². The lowest BCUT2D eigenvalue weighted by molar-refractivity contribution is 0.0726. The van der Waals surface area contributed by atoms with Crippen molar-refractivity contribution in [3.05, 3.63) is 114 Å². The average Bonchev–Trinajstić information content (AvgIpc) is 2.73. The Balaban J connectivity index is 1.89. The monoisotopic (exact) mass is 373 g/mol. The van der Waals surface area contributed by atoms with Crippen molar-refractivity contribution in [2.45, 2.75) is 18.0 Å². The molecule has 0 aromatic heterocycles. The molecule has 0 aliphatic heterocycles. The molecule has 0 saturated heterocycles. The highest BCUT2D eigenvalue weighted by Gasteiger charge is 2.19. The van der Waals surface area contributed by atoms with E-state index in [1.165, 1.54) is 0 Å². The molecule has 0 heterocycles. The van der Waals surface area contributed by atoms with Gasteiger partial charge >= 0.3 is 0 Å². The van der Waals surface area contributed by atoms with Crippen LogP contribution < -0.4 is 0 Å². The Bertz CT molecular complexity index is 836. The molecule has 0 aliphatic rings. The zero-order valence-electron chi connectivity index (χ0n) is 15.3. The Morgan fingerprint density at radius 2 is 1.33 bits per heavy atom. The van der Waals surface area contributed by atoms with E-state index in [2.05, 4.69) is 30.8 Å². The third kappa shape index (κ3) is 5.35. The van der Waals surface area contributed by atoms with Crippen molar-refractivity contribution < 1.29 is 4.79 Å². The first-order chi connectivity index (χ1) is 13.3. The SMILES string of the molecule is C=CCSc1ccccc1C(=O)N(Cc1ccccc1)Cc1ccccc1. The van der Waals surface area contributed by atoms with Gasteiger partial charge in [0.15, 0.2) is 0 Å². The predicted molar refractivity (Wildman–Crippen MR) is 114 cm³/mol. The number of hydrogen-bond acceptors (Lipinski definition) is 2. The van der Waals surface area contributed by atoms with E-state index in [1.807, 2.05) is 71.6 Å². The van der Waals surface area contributed by atoms with E-state index < -0.39 is 0 Å². The van der Waals surface area contributed by atoms with E-state index in [9.17, 15) is 4.79 Å². The lowest BCUT2D eigenvalue weighted by atomic mass is 10.1. The summed E-state index contributed by atoms with van der Waals surface area (Å²) in [6.45, 7) is 4.94. The summed E-state index contributed by atoms with van der Waals surface area (Å²) >= 11 is 1.64. The van der Waals surface area contributed by atoms with Crippen LogP contribution in [0.5, 0.6) is 0 Å². The molecule has 0 saturated carbocycles. The molecule has 2 nitrogen and oxygen atoms in total. The molecule has 0 unspecified atom stereocenters. The third-order valence-electron chi connectivity index (χ3n) is 4.19. The van der Waals surface area contributed by atoms with E-state index in [1.54, 1.807) is 11.8 Å². The average molecular weight is 374 g/mol. The number of rotatable bonds is 8. The maximum absolute atomic E-state index is 13.4. The van der Waals surface area contributed by atoms with Crippen LogP contribution in [0.2, 0.25) is 0 Å². The zero-order valence-corrected chi connectivity index (χ0v) is 16.1. The fourth-order valence-corrected chi connectivity index (χ4v) is 3.68. The van der Waals surface area contributed by atoms with Crippen molar-refractivity contribution in [1.29, 1.82) is 0 Å². The quantitative estimate of drug-likeness (QED) is 0.367. The van der Waals surface area contributed by atoms with E-state index in [0.717, 1.165) is 27.3 Å². The summed E-state index contributed by atoms with van der Waals surface area (Å²) in [5, 5.41) is 0. The summed E-state index contributed by atoms with van der Waals surface area (Å²) in [6.07, 6.45) is 1.86. The van der Waals surface area contributed by atoms with Gasteiger partial charge in [-0.25, -0.2) is 0 Å². The van der Waals surface area contributed by atoms with Crippen molar-refractivity contribution in [3.63, 3.8) is 0 Å². The van der Waals surface area contributed by atoms with Gasteiger partial charge in [-0.05, 0) is 23.3 Å². The molecular weight excluding hydrogens is 350 g/mol. The van der Waals surface area contributed by atoms with Crippen molar-refractivity contribution >= 4 is 17.7 Å². The van der Waals surface area contributed by atoms with Crippen LogP contribution in [0.25, 0.3) is 0 Å². The van der Waals surface area contributed by atoms with Crippen LogP contribution in [0.15, 0.2) is 102 Å². The summed E-state index contributed by atoms with van der Waals surface area (Å²) in [6, 6.07) is 28.1. The normalized spacial score (nSPS) is 10.4. The number of benzene rings is 3. The van der Waals surface area contributed by atoms with Crippen molar-refractivity contribution in [2.75, 3.05) is 5.75 Å². The Kier molecular flexibility index (Phi) is 6.89. The van der Waals surface area contributed by atoms with Crippen molar-refractivity contribution in [2.24, 2.45) is 0 Å². The summed E-state index contributed by atoms with van der Waals surface area (Å²) in [4.78, 5) is 16.3. The third-order valence-corrected chi connectivity index (χ3v) is 5.26. The van der Waals surface area contributed by atoms with Gasteiger partial charge in [-0.1, -0.05) is 78.9 Å². The highest BCUT2D eigenvalue weighted by atomic mass is 32.2. The highest BCUT2D eigenvalue weighted by Crippen LogP contribution is 2.25. The van der Waals surface area contributed by atoms with Crippen LogP contribution in [0.3, 0.4) is 0 Å². The largest absolute Gasteiger partial charge is 0.330 e. The number of nitrogens with zero attached hydrogens (tertiary/aromatic N) is 1. The van der Waals surface area contributed by atoms with Crippen LogP contribution in [0.1, 0.15) is 21.5 Å². The summed E-state index contributed by atoms with van der Waals surface area (Å²) < 4.78 is 0. The summed E-state index contributed by atoms with van der Waals surface area (Å²) in [5.41, 5.74) is 2.99. The molecule has 0 N–H and O–H groups in total. The molecule has 1 amide bonds. The number of carbonyl (C=O) groups is 1. The standard InChI is InChI=1S/C24H23NOS/c1-2-17-27-23-16-10-9-15-22(23)24(26)25(18-20-11-5-3-6-12-20)19-21-13-7-4-8-14-21/h2-16H,1,17-19H2. The van der Waals surface area contributed by atoms with E-state index in [-0.39, 0.29) is 5.91 Å². The van der Waals surface area contributed by atoms with Crippen LogP contribution in [-0.4, -0.2) is 16.6 Å². The first kappa shape index (κ1) is 19.0. The molecule has 0 aliphatic carbocycles. The van der Waals surface area contributed by atoms with Crippen LogP contribution in [-0.2, 0) is 13.1 Å². The summed E-state index contributed by atoms with van der Waals surface area (Å²) in [7, 11) is 0. The molecule has 3 heteroatoms. The maximum Gasteiger partial charge on any atom is 0.255 e. The minimum absolute atomic E-state index is 0.0508. The molecule has 3 aromatic rings. The Hall–Kier alpha value is -2.78. The molecule has 0 fully saturated rings. The van der Waals surface area contributed by atoms with Gasteiger partial charge in [0, 0.05) is 23.7 Å². The van der Waals surface area contributed by atoms with Gasteiger partial charge in [-0.2, -0.15) is 0 Å². The van der Waals surface area contributed by atoms with Gasteiger partial charge < -0.3 is 4.90 Å². The van der Waals surface area contributed by atoms with Crippen LogP contribution >= 0.6 is 11.8 Å². The van der Waals surface area contributed by atoms with Gasteiger partial charge in [-0.15, -0.1) is 18.3 Å². The Morgan fingerprint density at radius 3 is 1.89 bits per heavy atom. The topological polar surface area (TPSA) is 20.3 Å². The Morgan fingerprint density at radius 1 is 0.815 bits per heavy atom. The number of thioether (sulfide) groups is 1. The van der Waals surface area contributed by atoms with Gasteiger partial charge in [0.2, 0.25) is 0 Å². The Labute approximate surface area is 165 Å². The molecule has 0 bridgehead atoms. The van der Waals surface area contributed by atoms with E-state index >= 15 is 0 Å². The number of carbonyl (C=O) groups excluding carboxylic acids is 1. The maximum atomic E-state index is 13.4. The molecule has 136 valence electrons. The molecular formula is C24H23NOS. The van der Waals surface area contributed by atoms with Crippen LogP contribution in [0, 0.1) is 0 Å². The molecule has 0 spiro atoms. The molecule has 0 radical (unpaired) electrons. The molecule has 27 heavy (non-hydrogen) atoms. The second-order valence-corrected chi connectivity index (χ2v) is 7.29. The molecule has 0 atom stereocenters.